The van der Waals surface area contributed by atoms with Crippen molar-refractivity contribution in [1.29, 1.82) is 0 Å². The number of hydrogen-bond acceptors (Lipinski definition) is 5. The van der Waals surface area contributed by atoms with Crippen molar-refractivity contribution in [3.63, 3.8) is 0 Å². The van der Waals surface area contributed by atoms with Gasteiger partial charge < -0.3 is 14.5 Å². The standard InChI is InChI=1S/C15H17ClN2O5S/c1-10(15(19)17-9-11-4-3-7-23-11)18-24(20,21)12-5-6-14(22-2)13(16)8-12/h3-8,10,18H,9H2,1-2H3,(H,17,19)/t10-/m1/s1. The van der Waals surface area contributed by atoms with Crippen LogP contribution in [0.4, 0.5) is 0 Å². The number of sulfonamides is 1. The molecule has 0 aliphatic heterocycles. The van der Waals surface area contributed by atoms with Crippen molar-refractivity contribution < 1.29 is 22.4 Å². The van der Waals surface area contributed by atoms with Crippen LogP contribution in [0, 0.1) is 0 Å². The van der Waals surface area contributed by atoms with E-state index in [1.54, 1.807) is 12.1 Å². The molecule has 7 nitrogen and oxygen atoms in total. The summed E-state index contributed by atoms with van der Waals surface area (Å²) in [7, 11) is -2.47. The van der Waals surface area contributed by atoms with Crippen LogP contribution >= 0.6 is 11.6 Å². The highest BCUT2D eigenvalue weighted by molar-refractivity contribution is 7.89. The van der Waals surface area contributed by atoms with E-state index in [-0.39, 0.29) is 16.5 Å². The highest BCUT2D eigenvalue weighted by Crippen LogP contribution is 2.26. The molecule has 1 aromatic heterocycles. The van der Waals surface area contributed by atoms with Crippen molar-refractivity contribution in [1.82, 2.24) is 10.0 Å². The predicted molar refractivity (Wildman–Crippen MR) is 88.3 cm³/mol. The lowest BCUT2D eigenvalue weighted by Gasteiger charge is -2.14. The van der Waals surface area contributed by atoms with Gasteiger partial charge in [0.05, 0.1) is 35.9 Å². The topological polar surface area (TPSA) is 97.6 Å². The number of halogens is 1. The van der Waals surface area contributed by atoms with Gasteiger partial charge in [0.15, 0.2) is 0 Å². The predicted octanol–water partition coefficient (Wildman–Crippen LogP) is 1.92. The Morgan fingerprint density at radius 3 is 2.71 bits per heavy atom. The van der Waals surface area contributed by atoms with E-state index in [0.717, 1.165) is 0 Å². The third-order valence-electron chi connectivity index (χ3n) is 3.18. The molecule has 1 aromatic carbocycles. The van der Waals surface area contributed by atoms with Gasteiger partial charge in [0.25, 0.3) is 0 Å². The molecule has 0 fully saturated rings. The molecule has 0 unspecified atom stereocenters. The van der Waals surface area contributed by atoms with Gasteiger partial charge in [-0.1, -0.05) is 11.6 Å². The summed E-state index contributed by atoms with van der Waals surface area (Å²) in [5.74, 6) is 0.454. The highest BCUT2D eigenvalue weighted by atomic mass is 35.5. The molecule has 0 bridgehead atoms. The van der Waals surface area contributed by atoms with Crippen LogP contribution in [-0.2, 0) is 21.4 Å². The van der Waals surface area contributed by atoms with E-state index in [4.69, 9.17) is 20.8 Å². The summed E-state index contributed by atoms with van der Waals surface area (Å²) < 4.78 is 37.0. The first-order valence-electron chi connectivity index (χ1n) is 6.99. The van der Waals surface area contributed by atoms with Crippen LogP contribution in [0.3, 0.4) is 0 Å². The Labute approximate surface area is 145 Å². The molecule has 1 heterocycles. The molecule has 9 heteroatoms. The molecule has 130 valence electrons. The van der Waals surface area contributed by atoms with E-state index >= 15 is 0 Å². The molecule has 24 heavy (non-hydrogen) atoms. The zero-order valence-electron chi connectivity index (χ0n) is 13.1. The molecular formula is C15H17ClN2O5S. The molecule has 0 spiro atoms. The van der Waals surface area contributed by atoms with E-state index in [1.807, 2.05) is 0 Å². The van der Waals surface area contributed by atoms with Gasteiger partial charge in [0.2, 0.25) is 15.9 Å². The number of benzene rings is 1. The Hall–Kier alpha value is -2.03. The fourth-order valence-corrected chi connectivity index (χ4v) is 3.46. The smallest absolute Gasteiger partial charge is 0.241 e. The Morgan fingerprint density at radius 2 is 2.12 bits per heavy atom. The van der Waals surface area contributed by atoms with Crippen LogP contribution in [0.5, 0.6) is 5.75 Å². The molecule has 0 saturated carbocycles. The van der Waals surface area contributed by atoms with Gasteiger partial charge in [-0.2, -0.15) is 4.72 Å². The Morgan fingerprint density at radius 1 is 1.38 bits per heavy atom. The number of ether oxygens (including phenoxy) is 1. The second kappa shape index (κ2) is 7.69. The average molecular weight is 373 g/mol. The summed E-state index contributed by atoms with van der Waals surface area (Å²) in [6.45, 7) is 1.62. The van der Waals surface area contributed by atoms with Crippen LogP contribution < -0.4 is 14.8 Å². The first-order chi connectivity index (χ1) is 11.3. The van der Waals surface area contributed by atoms with Gasteiger partial charge in [0.1, 0.15) is 11.5 Å². The van der Waals surface area contributed by atoms with Crippen LogP contribution in [0.2, 0.25) is 5.02 Å². The monoisotopic (exact) mass is 372 g/mol. The summed E-state index contributed by atoms with van der Waals surface area (Å²) in [6, 6.07) is 6.48. The first kappa shape index (κ1) is 18.3. The Balaban J connectivity index is 2.02. The van der Waals surface area contributed by atoms with Crippen molar-refractivity contribution in [2.24, 2.45) is 0 Å². The van der Waals surface area contributed by atoms with Crippen molar-refractivity contribution in [2.75, 3.05) is 7.11 Å². The first-order valence-corrected chi connectivity index (χ1v) is 8.85. The Kier molecular flexibility index (Phi) is 5.87. The minimum Gasteiger partial charge on any atom is -0.495 e. The van der Waals surface area contributed by atoms with Gasteiger partial charge in [-0.05, 0) is 37.3 Å². The van der Waals surface area contributed by atoms with E-state index in [0.29, 0.717) is 11.5 Å². The molecule has 0 aliphatic rings. The number of carbonyl (C=O) groups excluding carboxylic acids is 1. The molecule has 1 atom stereocenters. The molecule has 2 rings (SSSR count). The summed E-state index contributed by atoms with van der Waals surface area (Å²) in [5, 5.41) is 2.75. The quantitative estimate of drug-likeness (QED) is 0.773. The van der Waals surface area contributed by atoms with Crippen LogP contribution in [-0.4, -0.2) is 27.5 Å². The summed E-state index contributed by atoms with van der Waals surface area (Å²) >= 11 is 5.93. The van der Waals surface area contributed by atoms with E-state index in [1.165, 1.54) is 38.5 Å². The molecule has 0 aliphatic carbocycles. The largest absolute Gasteiger partial charge is 0.495 e. The zero-order chi connectivity index (χ0) is 17.7. The zero-order valence-corrected chi connectivity index (χ0v) is 14.6. The normalized spacial score (nSPS) is 12.6. The number of amides is 1. The Bertz CT molecular complexity index is 805. The number of methoxy groups -OCH3 is 1. The summed E-state index contributed by atoms with van der Waals surface area (Å²) in [4.78, 5) is 11.9. The highest BCUT2D eigenvalue weighted by Gasteiger charge is 2.22. The van der Waals surface area contributed by atoms with E-state index in [2.05, 4.69) is 10.0 Å². The van der Waals surface area contributed by atoms with Crippen LogP contribution in [0.25, 0.3) is 0 Å². The van der Waals surface area contributed by atoms with Gasteiger partial charge in [0, 0.05) is 0 Å². The second-order valence-corrected chi connectivity index (χ2v) is 7.06. The molecule has 1 amide bonds. The summed E-state index contributed by atoms with van der Waals surface area (Å²) in [6.07, 6.45) is 1.49. The minimum absolute atomic E-state index is 0.0565. The van der Waals surface area contributed by atoms with Crippen molar-refractivity contribution in [2.45, 2.75) is 24.4 Å². The minimum atomic E-state index is -3.90. The fraction of sp³-hybridized carbons (Fsp3) is 0.267. The molecular weight excluding hydrogens is 356 g/mol. The average Bonchev–Trinajstić information content (AvgIpc) is 3.05. The molecule has 2 N–H and O–H groups in total. The van der Waals surface area contributed by atoms with Gasteiger partial charge in [-0.25, -0.2) is 8.42 Å². The molecule has 0 saturated heterocycles. The van der Waals surface area contributed by atoms with Crippen LogP contribution in [0.1, 0.15) is 12.7 Å². The molecule has 2 aromatic rings. The number of furan rings is 1. The van der Waals surface area contributed by atoms with E-state index < -0.39 is 22.0 Å². The number of hydrogen-bond donors (Lipinski definition) is 2. The number of carbonyl (C=O) groups is 1. The van der Waals surface area contributed by atoms with E-state index in [9.17, 15) is 13.2 Å². The maximum Gasteiger partial charge on any atom is 0.241 e. The lowest BCUT2D eigenvalue weighted by molar-refractivity contribution is -0.122. The lowest BCUT2D eigenvalue weighted by atomic mass is 10.3. The maximum absolute atomic E-state index is 12.3. The third-order valence-corrected chi connectivity index (χ3v) is 5.01. The summed E-state index contributed by atoms with van der Waals surface area (Å²) in [5.41, 5.74) is 0. The van der Waals surface area contributed by atoms with Gasteiger partial charge in [-0.3, -0.25) is 4.79 Å². The lowest BCUT2D eigenvalue weighted by Crippen LogP contribution is -2.44. The van der Waals surface area contributed by atoms with Gasteiger partial charge in [-0.15, -0.1) is 0 Å². The fourth-order valence-electron chi connectivity index (χ4n) is 1.91. The van der Waals surface area contributed by atoms with Crippen molar-refractivity contribution >= 4 is 27.5 Å². The number of rotatable bonds is 7. The SMILES string of the molecule is COc1ccc(S(=O)(=O)N[C@H](C)C(=O)NCc2ccco2)cc1Cl. The van der Waals surface area contributed by atoms with Crippen molar-refractivity contribution in [3.05, 3.63) is 47.4 Å². The van der Waals surface area contributed by atoms with Crippen molar-refractivity contribution in [3.8, 4) is 5.75 Å². The van der Waals surface area contributed by atoms with Gasteiger partial charge >= 0.3 is 0 Å². The number of nitrogens with one attached hydrogen (secondary N) is 2. The maximum atomic E-state index is 12.3. The van der Waals surface area contributed by atoms with Crippen LogP contribution in [0.15, 0.2) is 45.9 Å². The second-order valence-electron chi connectivity index (χ2n) is 4.94. The molecule has 0 radical (unpaired) electrons. The third kappa shape index (κ3) is 4.50.